The molecule has 0 amide bonds. The molecule has 0 bridgehead atoms. The van der Waals surface area contributed by atoms with Gasteiger partial charge in [0.2, 0.25) is 0 Å². The van der Waals surface area contributed by atoms with Gasteiger partial charge in [0.1, 0.15) is 5.82 Å². The summed E-state index contributed by atoms with van der Waals surface area (Å²) in [6.07, 6.45) is 0. The van der Waals surface area contributed by atoms with Crippen LogP contribution in [0.2, 0.25) is 0 Å². The van der Waals surface area contributed by atoms with E-state index in [1.165, 1.54) is 22.4 Å². The molecule has 1 heterocycles. The number of aromatic amines is 1. The maximum atomic E-state index is 14.1. The number of hydrogen-bond donors (Lipinski definition) is 2. The summed E-state index contributed by atoms with van der Waals surface area (Å²) in [6.45, 7) is 7.16. The van der Waals surface area contributed by atoms with Gasteiger partial charge < -0.3 is 5.32 Å². The number of nitrogens with zero attached hydrogens (tertiary/aromatic N) is 2. The lowest BCUT2D eigenvalue weighted by Gasteiger charge is -2.12. The van der Waals surface area contributed by atoms with Gasteiger partial charge in [-0.05, 0) is 43.8 Å². The Morgan fingerprint density at radius 3 is 2.90 bits per heavy atom. The molecule has 2 N–H and O–H groups in total. The predicted octanol–water partition coefficient (Wildman–Crippen LogP) is 2.55. The van der Waals surface area contributed by atoms with Crippen LogP contribution in [0.1, 0.15) is 32.4 Å². The summed E-state index contributed by atoms with van der Waals surface area (Å²) in [6, 6.07) is 4.94. The van der Waals surface area contributed by atoms with Crippen molar-refractivity contribution in [1.29, 1.82) is 0 Å². The molecule has 0 saturated heterocycles. The number of H-pyrrole nitrogens is 1. The zero-order valence-electron chi connectivity index (χ0n) is 12.3. The van der Waals surface area contributed by atoms with Crippen molar-refractivity contribution in [2.45, 2.75) is 43.4 Å². The summed E-state index contributed by atoms with van der Waals surface area (Å²) < 4.78 is 15.7. The van der Waals surface area contributed by atoms with Crippen molar-refractivity contribution in [1.82, 2.24) is 20.1 Å². The highest BCUT2D eigenvalue weighted by atomic mass is 32.2. The highest BCUT2D eigenvalue weighted by molar-refractivity contribution is 7.99. The molecule has 0 radical (unpaired) electrons. The fraction of sp³-hybridized carbons (Fsp3) is 0.429. The number of hydrogen-bond acceptors (Lipinski definition) is 4. The zero-order chi connectivity index (χ0) is 15.4. The predicted molar refractivity (Wildman–Crippen MR) is 81.1 cm³/mol. The molecule has 2 aromatic rings. The van der Waals surface area contributed by atoms with E-state index in [1.54, 1.807) is 6.07 Å². The van der Waals surface area contributed by atoms with Crippen molar-refractivity contribution in [3.05, 3.63) is 40.1 Å². The standard InChI is InChI=1S/C14H19FN4OS/c1-4-16-8-10-6-5-7-11(15)12(10)21-14-18-17-13(20)19(14)9(2)3/h5-7,9,16H,4,8H2,1-3H3,(H,17,20). The van der Waals surface area contributed by atoms with E-state index in [4.69, 9.17) is 0 Å². The maximum absolute atomic E-state index is 14.1. The summed E-state index contributed by atoms with van der Waals surface area (Å²) in [7, 11) is 0. The van der Waals surface area contributed by atoms with Crippen LogP contribution >= 0.6 is 11.8 Å². The lowest BCUT2D eigenvalue weighted by Crippen LogP contribution is -2.19. The molecular formula is C14H19FN4OS. The van der Waals surface area contributed by atoms with Gasteiger partial charge in [0, 0.05) is 12.6 Å². The third-order valence-corrected chi connectivity index (χ3v) is 4.13. The molecule has 0 aliphatic carbocycles. The van der Waals surface area contributed by atoms with Gasteiger partial charge in [0.25, 0.3) is 0 Å². The molecule has 1 aromatic carbocycles. The molecule has 0 atom stereocenters. The van der Waals surface area contributed by atoms with Crippen molar-refractivity contribution < 1.29 is 4.39 Å². The molecule has 0 spiro atoms. The minimum atomic E-state index is -0.304. The molecule has 114 valence electrons. The minimum Gasteiger partial charge on any atom is -0.313 e. The van der Waals surface area contributed by atoms with Crippen LogP contribution < -0.4 is 11.0 Å². The number of rotatable bonds is 6. The lowest BCUT2D eigenvalue weighted by atomic mass is 10.2. The molecule has 0 unspecified atom stereocenters. The monoisotopic (exact) mass is 310 g/mol. The van der Waals surface area contributed by atoms with Gasteiger partial charge >= 0.3 is 5.69 Å². The first kappa shape index (κ1) is 15.8. The molecule has 0 aliphatic rings. The van der Waals surface area contributed by atoms with Gasteiger partial charge in [0.15, 0.2) is 5.16 Å². The molecule has 5 nitrogen and oxygen atoms in total. The van der Waals surface area contributed by atoms with E-state index in [-0.39, 0.29) is 17.5 Å². The summed E-state index contributed by atoms with van der Waals surface area (Å²) in [5, 5.41) is 10.1. The molecule has 21 heavy (non-hydrogen) atoms. The first-order valence-corrected chi connectivity index (χ1v) is 7.69. The van der Waals surface area contributed by atoms with Gasteiger partial charge in [0.05, 0.1) is 4.90 Å². The van der Waals surface area contributed by atoms with Gasteiger partial charge in [-0.3, -0.25) is 4.57 Å². The van der Waals surface area contributed by atoms with E-state index < -0.39 is 0 Å². The average molecular weight is 310 g/mol. The first-order valence-electron chi connectivity index (χ1n) is 6.87. The molecule has 0 fully saturated rings. The smallest absolute Gasteiger partial charge is 0.313 e. The average Bonchev–Trinajstić information content (AvgIpc) is 2.80. The highest BCUT2D eigenvalue weighted by Crippen LogP contribution is 2.31. The second-order valence-corrected chi connectivity index (χ2v) is 5.86. The van der Waals surface area contributed by atoms with E-state index in [2.05, 4.69) is 15.5 Å². The Balaban J connectivity index is 2.37. The van der Waals surface area contributed by atoms with Gasteiger partial charge in [-0.25, -0.2) is 14.3 Å². The van der Waals surface area contributed by atoms with E-state index in [9.17, 15) is 9.18 Å². The van der Waals surface area contributed by atoms with Crippen LogP contribution in [0, 0.1) is 5.82 Å². The highest BCUT2D eigenvalue weighted by Gasteiger charge is 2.17. The number of nitrogens with one attached hydrogen (secondary N) is 2. The van der Waals surface area contributed by atoms with Crippen molar-refractivity contribution in [2.24, 2.45) is 0 Å². The summed E-state index contributed by atoms with van der Waals surface area (Å²) in [4.78, 5) is 12.2. The fourth-order valence-corrected chi connectivity index (χ4v) is 3.08. The number of benzene rings is 1. The van der Waals surface area contributed by atoms with E-state index in [0.717, 1.165) is 12.1 Å². The Hall–Kier alpha value is -1.60. The lowest BCUT2D eigenvalue weighted by molar-refractivity contribution is 0.532. The third kappa shape index (κ3) is 3.54. The largest absolute Gasteiger partial charge is 0.344 e. The number of aromatic nitrogens is 3. The van der Waals surface area contributed by atoms with Gasteiger partial charge in [-0.15, -0.1) is 5.10 Å². The van der Waals surface area contributed by atoms with Gasteiger partial charge in [-0.2, -0.15) is 0 Å². The Morgan fingerprint density at radius 2 is 2.24 bits per heavy atom. The van der Waals surface area contributed by atoms with Crippen LogP contribution in [-0.2, 0) is 6.54 Å². The third-order valence-electron chi connectivity index (χ3n) is 3.00. The van der Waals surface area contributed by atoms with E-state index >= 15 is 0 Å². The second kappa shape index (κ2) is 6.91. The van der Waals surface area contributed by atoms with Crippen LogP contribution in [0.3, 0.4) is 0 Å². The van der Waals surface area contributed by atoms with Gasteiger partial charge in [-0.1, -0.05) is 19.1 Å². The van der Waals surface area contributed by atoms with Crippen LogP contribution in [0.4, 0.5) is 4.39 Å². The SMILES string of the molecule is CCNCc1cccc(F)c1Sc1n[nH]c(=O)n1C(C)C. The molecule has 1 aromatic heterocycles. The normalized spacial score (nSPS) is 11.3. The Morgan fingerprint density at radius 1 is 1.48 bits per heavy atom. The molecule has 0 saturated carbocycles. The summed E-state index contributed by atoms with van der Waals surface area (Å²) in [5.74, 6) is -0.304. The Labute approximate surface area is 127 Å². The molecule has 0 aliphatic heterocycles. The summed E-state index contributed by atoms with van der Waals surface area (Å²) >= 11 is 1.17. The van der Waals surface area contributed by atoms with E-state index in [0.29, 0.717) is 16.6 Å². The Kier molecular flexibility index (Phi) is 5.19. The summed E-state index contributed by atoms with van der Waals surface area (Å²) in [5.41, 5.74) is 0.574. The number of halogens is 1. The van der Waals surface area contributed by atoms with Crippen molar-refractivity contribution in [2.75, 3.05) is 6.54 Å². The second-order valence-electron chi connectivity index (χ2n) is 4.89. The fourth-order valence-electron chi connectivity index (χ4n) is 1.98. The zero-order valence-corrected chi connectivity index (χ0v) is 13.1. The van der Waals surface area contributed by atoms with E-state index in [1.807, 2.05) is 26.8 Å². The van der Waals surface area contributed by atoms with Crippen LogP contribution in [-0.4, -0.2) is 21.3 Å². The van der Waals surface area contributed by atoms with Crippen molar-refractivity contribution in [3.63, 3.8) is 0 Å². The Bertz CT molecular complexity index is 665. The van der Waals surface area contributed by atoms with Crippen molar-refractivity contribution in [3.8, 4) is 0 Å². The molecule has 2 rings (SSSR count). The van der Waals surface area contributed by atoms with Crippen molar-refractivity contribution >= 4 is 11.8 Å². The van der Waals surface area contributed by atoms with Crippen LogP contribution in [0.5, 0.6) is 0 Å². The first-order chi connectivity index (χ1) is 10.0. The minimum absolute atomic E-state index is 0.0391. The van der Waals surface area contributed by atoms with Crippen LogP contribution in [0.15, 0.2) is 33.0 Å². The quantitative estimate of drug-likeness (QED) is 0.861. The topological polar surface area (TPSA) is 62.7 Å². The van der Waals surface area contributed by atoms with Crippen LogP contribution in [0.25, 0.3) is 0 Å². The molecule has 7 heteroatoms. The molecular weight excluding hydrogens is 291 g/mol. The maximum Gasteiger partial charge on any atom is 0.344 e.